The van der Waals surface area contributed by atoms with Crippen molar-refractivity contribution in [2.45, 2.75) is 52.0 Å². The molecule has 0 spiro atoms. The van der Waals surface area contributed by atoms with E-state index in [0.29, 0.717) is 29.2 Å². The lowest BCUT2D eigenvalue weighted by atomic mass is 9.87. The van der Waals surface area contributed by atoms with Crippen LogP contribution in [0.15, 0.2) is 48.5 Å². The van der Waals surface area contributed by atoms with Gasteiger partial charge in [-0.15, -0.1) is 0 Å². The van der Waals surface area contributed by atoms with Gasteiger partial charge in [-0.3, -0.25) is 4.79 Å². The molecule has 0 aliphatic heterocycles. The molecule has 0 radical (unpaired) electrons. The molecule has 1 N–H and O–H groups in total. The van der Waals surface area contributed by atoms with Gasteiger partial charge in [0.05, 0.1) is 25.8 Å². The highest BCUT2D eigenvalue weighted by Crippen LogP contribution is 2.39. The number of aryl methyl sites for hydroxylation is 3. The van der Waals surface area contributed by atoms with Crippen LogP contribution in [0.4, 0.5) is 5.69 Å². The van der Waals surface area contributed by atoms with Crippen molar-refractivity contribution in [3.63, 3.8) is 0 Å². The minimum Gasteiger partial charge on any atom is -0.493 e. The highest BCUT2D eigenvalue weighted by atomic mass is 16.5. The normalized spacial score (nSPS) is 14.6. The number of carbonyl (C=O) groups is 1. The molecule has 38 heavy (non-hydrogen) atoms. The van der Waals surface area contributed by atoms with E-state index < -0.39 is 0 Å². The van der Waals surface area contributed by atoms with Crippen LogP contribution in [0.1, 0.15) is 58.9 Å². The molecule has 0 bridgehead atoms. The van der Waals surface area contributed by atoms with Crippen LogP contribution in [0, 0.1) is 25.2 Å². The van der Waals surface area contributed by atoms with Crippen molar-refractivity contribution in [3.05, 3.63) is 82.2 Å². The average Bonchev–Trinajstić information content (AvgIpc) is 3.24. The summed E-state index contributed by atoms with van der Waals surface area (Å²) in [7, 11) is 3.14. The first-order chi connectivity index (χ1) is 18.4. The first-order valence-electron chi connectivity index (χ1n) is 13.0. The number of nitrogens with zero attached hydrogens (tertiary/aromatic N) is 3. The summed E-state index contributed by atoms with van der Waals surface area (Å²) in [5.41, 5.74) is 7.50. The fourth-order valence-corrected chi connectivity index (χ4v) is 5.76. The molecule has 5 rings (SSSR count). The van der Waals surface area contributed by atoms with Gasteiger partial charge in [-0.25, -0.2) is 4.98 Å². The molecule has 0 saturated carbocycles. The SMILES string of the molecule is COc1ccc(NC(=O)CCc2c(C#N)c3c(C)cc(C)nc3n2[C@H]2CCCc3ccccc32)cc1OC. The third kappa shape index (κ3) is 4.58. The minimum absolute atomic E-state index is 0.0714. The number of hydrogen-bond acceptors (Lipinski definition) is 5. The molecule has 0 fully saturated rings. The van der Waals surface area contributed by atoms with Gasteiger partial charge in [-0.2, -0.15) is 5.26 Å². The molecule has 1 atom stereocenters. The molecule has 2 aromatic carbocycles. The van der Waals surface area contributed by atoms with E-state index in [0.717, 1.165) is 47.2 Å². The fourth-order valence-electron chi connectivity index (χ4n) is 5.76. The lowest BCUT2D eigenvalue weighted by molar-refractivity contribution is -0.116. The van der Waals surface area contributed by atoms with Crippen molar-refractivity contribution in [1.29, 1.82) is 5.26 Å². The summed E-state index contributed by atoms with van der Waals surface area (Å²) < 4.78 is 12.9. The molecule has 4 aromatic rings. The smallest absolute Gasteiger partial charge is 0.224 e. The number of benzene rings is 2. The average molecular weight is 509 g/mol. The lowest BCUT2D eigenvalue weighted by Crippen LogP contribution is -2.21. The van der Waals surface area contributed by atoms with E-state index in [1.165, 1.54) is 11.1 Å². The van der Waals surface area contributed by atoms with Crippen molar-refractivity contribution in [2.24, 2.45) is 0 Å². The molecule has 2 heterocycles. The number of anilines is 1. The van der Waals surface area contributed by atoms with Gasteiger partial charge in [0.2, 0.25) is 5.91 Å². The zero-order chi connectivity index (χ0) is 26.8. The van der Waals surface area contributed by atoms with Crippen LogP contribution in [0.3, 0.4) is 0 Å². The van der Waals surface area contributed by atoms with E-state index in [9.17, 15) is 10.1 Å². The Bertz CT molecular complexity index is 1560. The van der Waals surface area contributed by atoms with E-state index in [1.807, 2.05) is 19.9 Å². The van der Waals surface area contributed by atoms with Crippen LogP contribution in [0.25, 0.3) is 11.0 Å². The maximum Gasteiger partial charge on any atom is 0.224 e. The Hall–Kier alpha value is -4.31. The van der Waals surface area contributed by atoms with Crippen molar-refractivity contribution in [1.82, 2.24) is 9.55 Å². The first-order valence-corrected chi connectivity index (χ1v) is 13.0. The highest BCUT2D eigenvalue weighted by molar-refractivity contribution is 5.92. The lowest BCUT2D eigenvalue weighted by Gasteiger charge is -2.29. The van der Waals surface area contributed by atoms with Gasteiger partial charge in [0.25, 0.3) is 0 Å². The first kappa shape index (κ1) is 25.3. The number of methoxy groups -OCH3 is 2. The molecule has 1 amide bonds. The minimum atomic E-state index is -0.136. The van der Waals surface area contributed by atoms with Crippen molar-refractivity contribution >= 4 is 22.6 Å². The maximum absolute atomic E-state index is 13.1. The number of nitriles is 1. The monoisotopic (exact) mass is 508 g/mol. The third-order valence-corrected chi connectivity index (χ3v) is 7.40. The Morgan fingerprint density at radius 1 is 1.13 bits per heavy atom. The van der Waals surface area contributed by atoms with Crippen LogP contribution >= 0.6 is 0 Å². The Balaban J connectivity index is 1.53. The fraction of sp³-hybridized carbons (Fsp3) is 0.323. The maximum atomic E-state index is 13.1. The van der Waals surface area contributed by atoms with E-state index in [2.05, 4.69) is 40.2 Å². The van der Waals surface area contributed by atoms with E-state index in [-0.39, 0.29) is 18.4 Å². The number of hydrogen-bond donors (Lipinski definition) is 1. The van der Waals surface area contributed by atoms with Crippen molar-refractivity contribution in [2.75, 3.05) is 19.5 Å². The van der Waals surface area contributed by atoms with Gasteiger partial charge in [-0.1, -0.05) is 24.3 Å². The van der Waals surface area contributed by atoms with Crippen LogP contribution in [0.5, 0.6) is 11.5 Å². The summed E-state index contributed by atoms with van der Waals surface area (Å²) in [6, 6.07) is 18.4. The molecule has 0 saturated heterocycles. The molecule has 1 aliphatic carbocycles. The summed E-state index contributed by atoms with van der Waals surface area (Å²) in [5.74, 6) is 1.01. The number of aromatic nitrogens is 2. The number of rotatable bonds is 7. The second-order valence-corrected chi connectivity index (χ2v) is 9.81. The number of pyridine rings is 1. The van der Waals surface area contributed by atoms with Gasteiger partial charge < -0.3 is 19.4 Å². The van der Waals surface area contributed by atoms with E-state index >= 15 is 0 Å². The molecular weight excluding hydrogens is 476 g/mol. The summed E-state index contributed by atoms with van der Waals surface area (Å²) in [6.45, 7) is 4.02. The van der Waals surface area contributed by atoms with Crippen molar-refractivity contribution in [3.8, 4) is 17.6 Å². The van der Waals surface area contributed by atoms with Crippen LogP contribution in [0.2, 0.25) is 0 Å². The summed E-state index contributed by atoms with van der Waals surface area (Å²) in [4.78, 5) is 18.0. The molecule has 194 valence electrons. The van der Waals surface area contributed by atoms with Crippen LogP contribution in [-0.2, 0) is 17.6 Å². The number of nitrogens with one attached hydrogen (secondary N) is 1. The molecule has 7 heteroatoms. The number of ether oxygens (including phenoxy) is 2. The van der Waals surface area contributed by atoms with Gasteiger partial charge in [-0.05, 0) is 74.4 Å². The Kier molecular flexibility index (Phi) is 7.06. The zero-order valence-corrected chi connectivity index (χ0v) is 22.3. The molecule has 1 aliphatic rings. The van der Waals surface area contributed by atoms with Crippen LogP contribution in [-0.4, -0.2) is 29.7 Å². The Morgan fingerprint density at radius 3 is 2.68 bits per heavy atom. The quantitative estimate of drug-likeness (QED) is 0.329. The van der Waals surface area contributed by atoms with Gasteiger partial charge in [0, 0.05) is 34.9 Å². The van der Waals surface area contributed by atoms with Gasteiger partial charge in [0.1, 0.15) is 11.7 Å². The number of fused-ring (bicyclic) bond motifs is 2. The highest BCUT2D eigenvalue weighted by Gasteiger charge is 2.29. The summed E-state index contributed by atoms with van der Waals surface area (Å²) >= 11 is 0. The molecule has 0 unspecified atom stereocenters. The second kappa shape index (κ2) is 10.6. The Morgan fingerprint density at radius 2 is 1.92 bits per heavy atom. The predicted molar refractivity (Wildman–Crippen MR) is 148 cm³/mol. The standard InChI is InChI=1S/C31H32N4O3/c1-19-16-20(2)33-31-30(19)24(18-32)26(35(31)25-11-7-9-21-8-5-6-10-23(21)25)13-15-29(36)34-22-12-14-27(37-3)28(17-22)38-4/h5-6,8,10,12,14,16-17,25H,7,9,11,13,15H2,1-4H3,(H,34,36)/t25-/m0/s1. The topological polar surface area (TPSA) is 89.2 Å². The summed E-state index contributed by atoms with van der Waals surface area (Å²) in [6.07, 6.45) is 3.73. The predicted octanol–water partition coefficient (Wildman–Crippen LogP) is 6.04. The molecule has 7 nitrogen and oxygen atoms in total. The molecule has 2 aromatic heterocycles. The number of carbonyl (C=O) groups excluding carboxylic acids is 1. The van der Waals surface area contributed by atoms with E-state index in [1.54, 1.807) is 32.4 Å². The zero-order valence-electron chi connectivity index (χ0n) is 22.3. The third-order valence-electron chi connectivity index (χ3n) is 7.40. The number of amides is 1. The largest absolute Gasteiger partial charge is 0.493 e. The Labute approximate surface area is 223 Å². The van der Waals surface area contributed by atoms with Crippen LogP contribution < -0.4 is 14.8 Å². The van der Waals surface area contributed by atoms with Gasteiger partial charge in [0.15, 0.2) is 11.5 Å². The van der Waals surface area contributed by atoms with Crippen molar-refractivity contribution < 1.29 is 14.3 Å². The second-order valence-electron chi connectivity index (χ2n) is 9.81. The van der Waals surface area contributed by atoms with E-state index in [4.69, 9.17) is 14.5 Å². The van der Waals surface area contributed by atoms with Gasteiger partial charge >= 0.3 is 0 Å². The molecular formula is C31H32N4O3. The summed E-state index contributed by atoms with van der Waals surface area (Å²) in [5, 5.41) is 14.2.